The Kier molecular flexibility index (Phi) is 4.94. The van der Waals surface area contributed by atoms with Crippen LogP contribution < -0.4 is 5.32 Å². The second-order valence-corrected chi connectivity index (χ2v) is 5.63. The molecule has 0 aliphatic heterocycles. The summed E-state index contributed by atoms with van der Waals surface area (Å²) in [6.45, 7) is 4.80. The lowest BCUT2D eigenvalue weighted by Gasteiger charge is -2.06. The molecule has 0 fully saturated rings. The van der Waals surface area contributed by atoms with Crippen molar-refractivity contribution in [3.05, 3.63) is 33.3 Å². The van der Waals surface area contributed by atoms with Gasteiger partial charge >= 0.3 is 5.97 Å². The van der Waals surface area contributed by atoms with Crippen molar-refractivity contribution in [1.29, 1.82) is 0 Å². The van der Waals surface area contributed by atoms with Crippen molar-refractivity contribution in [3.63, 3.8) is 0 Å². The molecule has 0 aliphatic rings. The second-order valence-electron chi connectivity index (χ2n) is 4.72. The Labute approximate surface area is 131 Å². The highest BCUT2D eigenvalue weighted by Gasteiger charge is 2.17. The number of thiophene rings is 1. The van der Waals surface area contributed by atoms with Crippen LogP contribution in [0.5, 0.6) is 0 Å². The maximum absolute atomic E-state index is 12.2. The third-order valence-electron chi connectivity index (χ3n) is 3.20. The van der Waals surface area contributed by atoms with Crippen LogP contribution in [0.25, 0.3) is 0 Å². The fraction of sp³-hybridized carbons (Fsp3) is 0.357. The van der Waals surface area contributed by atoms with Gasteiger partial charge in [0.15, 0.2) is 0 Å². The lowest BCUT2D eigenvalue weighted by molar-refractivity contribution is 0.0702. The van der Waals surface area contributed by atoms with Gasteiger partial charge in [-0.3, -0.25) is 9.48 Å². The normalized spacial score (nSPS) is 10.7. The number of aromatic carboxylic acids is 1. The van der Waals surface area contributed by atoms with Crippen molar-refractivity contribution >= 4 is 28.9 Å². The van der Waals surface area contributed by atoms with Gasteiger partial charge in [0.1, 0.15) is 4.88 Å². The van der Waals surface area contributed by atoms with E-state index < -0.39 is 5.97 Å². The van der Waals surface area contributed by atoms with Gasteiger partial charge < -0.3 is 15.2 Å². The minimum Gasteiger partial charge on any atom is -0.477 e. The van der Waals surface area contributed by atoms with Crippen LogP contribution >= 0.6 is 11.3 Å². The number of methoxy groups -OCH3 is 1. The average molecular weight is 323 g/mol. The number of carboxylic acid groups (broad SMARTS) is 1. The summed E-state index contributed by atoms with van der Waals surface area (Å²) in [5.41, 5.74) is 2.50. The smallest absolute Gasteiger partial charge is 0.345 e. The van der Waals surface area contributed by atoms with E-state index in [1.807, 2.05) is 13.8 Å². The number of anilines is 1. The monoisotopic (exact) mass is 323 g/mol. The van der Waals surface area contributed by atoms with E-state index in [9.17, 15) is 9.59 Å². The first-order valence-corrected chi connectivity index (χ1v) is 7.48. The second kappa shape index (κ2) is 6.71. The first-order chi connectivity index (χ1) is 10.4. The van der Waals surface area contributed by atoms with Gasteiger partial charge in [0.2, 0.25) is 0 Å². The molecular weight excluding hydrogens is 306 g/mol. The molecule has 2 rings (SSSR count). The minimum atomic E-state index is -1.04. The van der Waals surface area contributed by atoms with Crippen molar-refractivity contribution in [3.8, 4) is 0 Å². The van der Waals surface area contributed by atoms with Gasteiger partial charge in [-0.2, -0.15) is 5.10 Å². The van der Waals surface area contributed by atoms with Crippen molar-refractivity contribution in [2.24, 2.45) is 0 Å². The highest BCUT2D eigenvalue weighted by Crippen LogP contribution is 2.22. The minimum absolute atomic E-state index is 0.134. The summed E-state index contributed by atoms with van der Waals surface area (Å²) < 4.78 is 6.79. The zero-order valence-electron chi connectivity index (χ0n) is 12.5. The Morgan fingerprint density at radius 1 is 1.45 bits per heavy atom. The lowest BCUT2D eigenvalue weighted by atomic mass is 10.2. The van der Waals surface area contributed by atoms with Crippen LogP contribution in [0, 0.1) is 13.8 Å². The van der Waals surface area contributed by atoms with Crippen LogP contribution in [0.15, 0.2) is 11.4 Å². The van der Waals surface area contributed by atoms with E-state index in [4.69, 9.17) is 9.84 Å². The molecule has 0 bridgehead atoms. The Bertz CT molecular complexity index is 705. The van der Waals surface area contributed by atoms with Crippen LogP contribution in [-0.2, 0) is 11.3 Å². The Morgan fingerprint density at radius 3 is 2.77 bits per heavy atom. The molecular formula is C14H17N3O4S. The number of carboxylic acids is 1. The molecule has 0 radical (unpaired) electrons. The number of carbonyl (C=O) groups excluding carboxylic acids is 1. The molecule has 0 unspecified atom stereocenters. The number of carbonyl (C=O) groups is 2. The van der Waals surface area contributed by atoms with Gasteiger partial charge in [0, 0.05) is 12.5 Å². The first-order valence-electron chi connectivity index (χ1n) is 6.60. The Balaban J connectivity index is 2.17. The van der Waals surface area contributed by atoms with E-state index in [0.29, 0.717) is 30.1 Å². The maximum Gasteiger partial charge on any atom is 0.345 e. The summed E-state index contributed by atoms with van der Waals surface area (Å²) in [5, 5.41) is 17.6. The van der Waals surface area contributed by atoms with Crippen LogP contribution in [0.4, 0.5) is 5.69 Å². The molecule has 2 heterocycles. The largest absolute Gasteiger partial charge is 0.477 e. The third-order valence-corrected chi connectivity index (χ3v) is 4.12. The molecule has 2 aromatic heterocycles. The molecule has 0 saturated heterocycles. The molecule has 0 spiro atoms. The average Bonchev–Trinajstić information content (AvgIpc) is 3.06. The quantitative estimate of drug-likeness (QED) is 0.849. The molecule has 0 aromatic carbocycles. The number of amides is 1. The Hall–Kier alpha value is -2.19. The molecule has 2 N–H and O–H groups in total. The van der Waals surface area contributed by atoms with E-state index >= 15 is 0 Å². The van der Waals surface area contributed by atoms with Crippen LogP contribution in [0.1, 0.15) is 31.4 Å². The number of aromatic nitrogens is 2. The number of rotatable bonds is 6. The number of nitrogens with zero attached hydrogens (tertiary/aromatic N) is 2. The van der Waals surface area contributed by atoms with Crippen molar-refractivity contribution in [2.45, 2.75) is 20.4 Å². The van der Waals surface area contributed by atoms with Gasteiger partial charge in [0.05, 0.1) is 35.8 Å². The predicted molar refractivity (Wildman–Crippen MR) is 82.8 cm³/mol. The SMILES string of the molecule is COCCn1nc(C)c(NC(=O)c2csc(C(=O)O)c2)c1C. The highest BCUT2D eigenvalue weighted by molar-refractivity contribution is 7.12. The van der Waals surface area contributed by atoms with Crippen molar-refractivity contribution in [2.75, 3.05) is 19.0 Å². The van der Waals surface area contributed by atoms with E-state index in [2.05, 4.69) is 10.4 Å². The summed E-state index contributed by atoms with van der Waals surface area (Å²) in [4.78, 5) is 23.2. The maximum atomic E-state index is 12.2. The summed E-state index contributed by atoms with van der Waals surface area (Å²) in [7, 11) is 1.62. The number of aryl methyl sites for hydroxylation is 1. The molecule has 118 valence electrons. The van der Waals surface area contributed by atoms with Gasteiger partial charge in [-0.15, -0.1) is 11.3 Å². The van der Waals surface area contributed by atoms with Crippen LogP contribution in [0.2, 0.25) is 0 Å². The van der Waals surface area contributed by atoms with E-state index in [0.717, 1.165) is 17.0 Å². The molecule has 2 aromatic rings. The van der Waals surface area contributed by atoms with E-state index in [1.165, 1.54) is 11.4 Å². The zero-order chi connectivity index (χ0) is 16.3. The molecule has 22 heavy (non-hydrogen) atoms. The summed E-state index contributed by atoms with van der Waals surface area (Å²) in [5.74, 6) is -1.38. The van der Waals surface area contributed by atoms with Gasteiger partial charge in [0.25, 0.3) is 5.91 Å². The number of ether oxygens (including phenoxy) is 1. The molecule has 8 heteroatoms. The first kappa shape index (κ1) is 16.2. The van der Waals surface area contributed by atoms with E-state index in [1.54, 1.807) is 11.8 Å². The standard InChI is InChI=1S/C14H17N3O4S/c1-8-12(9(2)17(16-8)4-5-21-3)15-13(18)10-6-11(14(19)20)22-7-10/h6-7H,4-5H2,1-3H3,(H,15,18)(H,19,20). The lowest BCUT2D eigenvalue weighted by Crippen LogP contribution is -2.13. The molecule has 0 aliphatic carbocycles. The zero-order valence-corrected chi connectivity index (χ0v) is 13.4. The van der Waals surface area contributed by atoms with Crippen LogP contribution in [0.3, 0.4) is 0 Å². The molecule has 7 nitrogen and oxygen atoms in total. The van der Waals surface area contributed by atoms with Gasteiger partial charge in [-0.25, -0.2) is 4.79 Å². The van der Waals surface area contributed by atoms with Crippen molar-refractivity contribution in [1.82, 2.24) is 9.78 Å². The fourth-order valence-corrected chi connectivity index (χ4v) is 2.75. The summed E-state index contributed by atoms with van der Waals surface area (Å²) >= 11 is 1.02. The Morgan fingerprint density at radius 2 is 2.18 bits per heavy atom. The number of nitrogens with one attached hydrogen (secondary N) is 1. The highest BCUT2D eigenvalue weighted by atomic mass is 32.1. The fourth-order valence-electron chi connectivity index (χ4n) is 2.03. The van der Waals surface area contributed by atoms with E-state index in [-0.39, 0.29) is 10.8 Å². The van der Waals surface area contributed by atoms with Gasteiger partial charge in [-0.1, -0.05) is 0 Å². The van der Waals surface area contributed by atoms with Gasteiger partial charge in [-0.05, 0) is 19.9 Å². The molecule has 0 atom stereocenters. The molecule has 1 amide bonds. The summed E-state index contributed by atoms with van der Waals surface area (Å²) in [6, 6.07) is 1.36. The van der Waals surface area contributed by atoms with Crippen molar-refractivity contribution < 1.29 is 19.4 Å². The topological polar surface area (TPSA) is 93.5 Å². The molecule has 0 saturated carbocycles. The number of hydrogen-bond acceptors (Lipinski definition) is 5. The summed E-state index contributed by atoms with van der Waals surface area (Å²) in [6.07, 6.45) is 0. The van der Waals surface area contributed by atoms with Crippen LogP contribution in [-0.4, -0.2) is 40.5 Å². The third kappa shape index (κ3) is 3.34. The predicted octanol–water partition coefficient (Wildman–Crippen LogP) is 2.16. The number of hydrogen-bond donors (Lipinski definition) is 2.